The molecule has 2 heterocycles. The Morgan fingerprint density at radius 3 is 2.45 bits per heavy atom. The first-order chi connectivity index (χ1) is 15.1. The third-order valence-electron chi connectivity index (χ3n) is 5.42. The fourth-order valence-electron chi connectivity index (χ4n) is 3.46. The Labute approximate surface area is 181 Å². The molecule has 162 valence electrons. The van der Waals surface area contributed by atoms with E-state index in [9.17, 15) is 4.79 Å². The maximum Gasteiger partial charge on any atom is 0.257 e. The van der Waals surface area contributed by atoms with Crippen LogP contribution in [-0.4, -0.2) is 34.9 Å². The third-order valence-corrected chi connectivity index (χ3v) is 5.42. The number of benzene rings is 2. The summed E-state index contributed by atoms with van der Waals surface area (Å²) >= 11 is 0. The van der Waals surface area contributed by atoms with Crippen LogP contribution in [0.1, 0.15) is 44.0 Å². The van der Waals surface area contributed by atoms with Gasteiger partial charge in [-0.05, 0) is 29.8 Å². The molecule has 2 aromatic carbocycles. The molecule has 1 saturated heterocycles. The first kappa shape index (κ1) is 21.2. The zero-order valence-electron chi connectivity index (χ0n) is 17.8. The molecule has 1 aliphatic rings. The molecule has 0 atom stereocenters. The molecule has 4 rings (SSSR count). The highest BCUT2D eigenvalue weighted by molar-refractivity contribution is 5.97. The molecule has 0 spiro atoms. The minimum absolute atomic E-state index is 0.153. The molecular formula is C24H27N3O4. The van der Waals surface area contributed by atoms with Gasteiger partial charge < -0.3 is 19.3 Å². The molecule has 3 aromatic rings. The van der Waals surface area contributed by atoms with Crippen molar-refractivity contribution in [2.75, 3.05) is 18.5 Å². The Morgan fingerprint density at radius 1 is 1.10 bits per heavy atom. The summed E-state index contributed by atoms with van der Waals surface area (Å²) in [6.07, 6.45) is 1.04. The Bertz CT molecular complexity index is 993. The van der Waals surface area contributed by atoms with Gasteiger partial charge in [-0.15, -0.1) is 0 Å². The molecule has 1 aromatic heterocycles. The molecule has 1 amide bonds. The SMILES string of the molecule is CC(C)c1noc(-c2ccc(NC(=O)C3(OCc4ccccc4)CCOCC3)cc2)n1. The van der Waals surface area contributed by atoms with Gasteiger partial charge in [-0.2, -0.15) is 4.98 Å². The van der Waals surface area contributed by atoms with Crippen LogP contribution >= 0.6 is 0 Å². The van der Waals surface area contributed by atoms with E-state index in [4.69, 9.17) is 14.0 Å². The maximum absolute atomic E-state index is 13.2. The van der Waals surface area contributed by atoms with E-state index in [1.165, 1.54) is 0 Å². The smallest absolute Gasteiger partial charge is 0.257 e. The second kappa shape index (κ2) is 9.41. The van der Waals surface area contributed by atoms with Crippen molar-refractivity contribution in [3.63, 3.8) is 0 Å². The van der Waals surface area contributed by atoms with Gasteiger partial charge in [0.05, 0.1) is 6.61 Å². The van der Waals surface area contributed by atoms with Crippen molar-refractivity contribution in [1.29, 1.82) is 0 Å². The largest absolute Gasteiger partial charge is 0.381 e. The Morgan fingerprint density at radius 2 is 1.81 bits per heavy atom. The van der Waals surface area contributed by atoms with Gasteiger partial charge >= 0.3 is 0 Å². The van der Waals surface area contributed by atoms with E-state index in [0.29, 0.717) is 50.1 Å². The number of nitrogens with one attached hydrogen (secondary N) is 1. The minimum Gasteiger partial charge on any atom is -0.381 e. The van der Waals surface area contributed by atoms with Gasteiger partial charge in [-0.1, -0.05) is 49.3 Å². The van der Waals surface area contributed by atoms with E-state index in [0.717, 1.165) is 11.1 Å². The summed E-state index contributed by atoms with van der Waals surface area (Å²) in [5, 5.41) is 7.00. The van der Waals surface area contributed by atoms with E-state index in [2.05, 4.69) is 15.5 Å². The zero-order chi connectivity index (χ0) is 21.7. The summed E-state index contributed by atoms with van der Waals surface area (Å²) in [7, 11) is 0. The van der Waals surface area contributed by atoms with Crippen molar-refractivity contribution in [3.05, 3.63) is 66.0 Å². The van der Waals surface area contributed by atoms with Gasteiger partial charge in [0.1, 0.15) is 0 Å². The van der Waals surface area contributed by atoms with E-state index in [1.807, 2.05) is 68.4 Å². The van der Waals surface area contributed by atoms with Gasteiger partial charge in [0, 0.05) is 43.2 Å². The van der Waals surface area contributed by atoms with Gasteiger partial charge in [0.15, 0.2) is 11.4 Å². The Hall–Kier alpha value is -3.03. The fraction of sp³-hybridized carbons (Fsp3) is 0.375. The monoisotopic (exact) mass is 421 g/mol. The number of rotatable bonds is 7. The normalized spacial score (nSPS) is 15.7. The van der Waals surface area contributed by atoms with Crippen LogP contribution < -0.4 is 5.32 Å². The second-order valence-corrected chi connectivity index (χ2v) is 8.02. The molecule has 0 unspecified atom stereocenters. The van der Waals surface area contributed by atoms with Crippen LogP contribution in [-0.2, 0) is 20.9 Å². The van der Waals surface area contributed by atoms with Crippen LogP contribution in [0.4, 0.5) is 5.69 Å². The highest BCUT2D eigenvalue weighted by atomic mass is 16.5. The van der Waals surface area contributed by atoms with Crippen LogP contribution in [0.2, 0.25) is 0 Å². The molecule has 7 heteroatoms. The van der Waals surface area contributed by atoms with Crippen LogP contribution in [0.25, 0.3) is 11.5 Å². The molecule has 1 fully saturated rings. The van der Waals surface area contributed by atoms with Crippen molar-refractivity contribution in [2.24, 2.45) is 0 Å². The predicted octanol–water partition coefficient (Wildman–Crippen LogP) is 4.56. The lowest BCUT2D eigenvalue weighted by Gasteiger charge is -2.35. The van der Waals surface area contributed by atoms with Crippen LogP contribution in [0.5, 0.6) is 0 Å². The maximum atomic E-state index is 13.2. The predicted molar refractivity (Wildman–Crippen MR) is 116 cm³/mol. The molecule has 1 aliphatic heterocycles. The van der Waals surface area contributed by atoms with Crippen LogP contribution in [0.3, 0.4) is 0 Å². The average Bonchev–Trinajstić information content (AvgIpc) is 3.30. The van der Waals surface area contributed by atoms with Gasteiger partial charge in [0.25, 0.3) is 11.8 Å². The van der Waals surface area contributed by atoms with Crippen LogP contribution in [0.15, 0.2) is 59.1 Å². The number of hydrogen-bond acceptors (Lipinski definition) is 6. The molecule has 7 nitrogen and oxygen atoms in total. The Balaban J connectivity index is 1.45. The highest BCUT2D eigenvalue weighted by Crippen LogP contribution is 2.29. The summed E-state index contributed by atoms with van der Waals surface area (Å²) in [6.45, 7) is 5.40. The number of carbonyl (C=O) groups excluding carboxylic acids is 1. The van der Waals surface area contributed by atoms with Crippen molar-refractivity contribution < 1.29 is 18.8 Å². The summed E-state index contributed by atoms with van der Waals surface area (Å²) < 4.78 is 17.0. The fourth-order valence-corrected chi connectivity index (χ4v) is 3.46. The molecule has 0 bridgehead atoms. The van der Waals surface area contributed by atoms with Crippen molar-refractivity contribution in [1.82, 2.24) is 10.1 Å². The summed E-state index contributed by atoms with van der Waals surface area (Å²) in [5.74, 6) is 1.18. The summed E-state index contributed by atoms with van der Waals surface area (Å²) in [5.41, 5.74) is 1.61. The summed E-state index contributed by atoms with van der Waals surface area (Å²) in [6, 6.07) is 17.2. The quantitative estimate of drug-likeness (QED) is 0.602. The second-order valence-electron chi connectivity index (χ2n) is 8.02. The Kier molecular flexibility index (Phi) is 6.44. The summed E-state index contributed by atoms with van der Waals surface area (Å²) in [4.78, 5) is 17.6. The molecular weight excluding hydrogens is 394 g/mol. The first-order valence-electron chi connectivity index (χ1n) is 10.6. The molecule has 0 saturated carbocycles. The van der Waals surface area contributed by atoms with E-state index in [1.54, 1.807) is 0 Å². The van der Waals surface area contributed by atoms with E-state index >= 15 is 0 Å². The van der Waals surface area contributed by atoms with Crippen molar-refractivity contribution >= 4 is 11.6 Å². The van der Waals surface area contributed by atoms with E-state index < -0.39 is 5.60 Å². The third kappa shape index (κ3) is 5.00. The van der Waals surface area contributed by atoms with Crippen LogP contribution in [0, 0.1) is 0 Å². The number of aromatic nitrogens is 2. The minimum atomic E-state index is -0.911. The zero-order valence-corrected chi connectivity index (χ0v) is 17.8. The van der Waals surface area contributed by atoms with Gasteiger partial charge in [-0.3, -0.25) is 4.79 Å². The number of nitrogens with zero attached hydrogens (tertiary/aromatic N) is 2. The van der Waals surface area contributed by atoms with Crippen molar-refractivity contribution in [3.8, 4) is 11.5 Å². The average molecular weight is 421 g/mol. The molecule has 0 radical (unpaired) electrons. The lowest BCUT2D eigenvalue weighted by Crippen LogP contribution is -2.49. The highest BCUT2D eigenvalue weighted by Gasteiger charge is 2.41. The topological polar surface area (TPSA) is 86.5 Å². The molecule has 1 N–H and O–H groups in total. The standard InChI is InChI=1S/C24H27N3O4/c1-17(2)21-26-22(31-27-21)19-8-10-20(11-9-19)25-23(28)24(12-14-29-15-13-24)30-16-18-6-4-3-5-7-18/h3-11,17H,12-16H2,1-2H3,(H,25,28). The number of anilines is 1. The number of carbonyl (C=O) groups is 1. The van der Waals surface area contributed by atoms with Gasteiger partial charge in [0.2, 0.25) is 0 Å². The number of hydrogen-bond donors (Lipinski definition) is 1. The van der Waals surface area contributed by atoms with Gasteiger partial charge in [-0.25, -0.2) is 0 Å². The van der Waals surface area contributed by atoms with Crippen molar-refractivity contribution in [2.45, 2.75) is 44.8 Å². The molecule has 0 aliphatic carbocycles. The number of amides is 1. The first-order valence-corrected chi connectivity index (χ1v) is 10.6. The van der Waals surface area contributed by atoms with E-state index in [-0.39, 0.29) is 11.8 Å². The molecule has 31 heavy (non-hydrogen) atoms. The lowest BCUT2D eigenvalue weighted by molar-refractivity contribution is -0.158. The number of ether oxygens (including phenoxy) is 2. The lowest BCUT2D eigenvalue weighted by atomic mass is 9.92.